The molecule has 0 spiro atoms. The van der Waals surface area contributed by atoms with Crippen LogP contribution in [0, 0.1) is 88.8 Å². The van der Waals surface area contributed by atoms with Gasteiger partial charge in [0.2, 0.25) is 0 Å². The van der Waals surface area contributed by atoms with E-state index in [1.807, 2.05) is 170 Å². The van der Waals surface area contributed by atoms with Crippen LogP contribution in [-0.4, -0.2) is 126 Å². The molecule has 0 aliphatic carbocycles. The number of ether oxygens (including phenoxy) is 1. The third-order valence-corrected chi connectivity index (χ3v) is 16.1. The first-order valence-corrected chi connectivity index (χ1v) is 42.5. The molecule has 14 heteroatoms. The molecular formula is C87H186N10O4. The number of oxime groups is 3. The molecule has 0 amide bonds. The number of rotatable bonds is 10. The Labute approximate surface area is 635 Å². The average molecular weight is 1440 g/mol. The van der Waals surface area contributed by atoms with Gasteiger partial charge in [-0.1, -0.05) is 292 Å². The lowest BCUT2D eigenvalue weighted by molar-refractivity contribution is 0.0373. The third-order valence-electron chi connectivity index (χ3n) is 16.1. The van der Waals surface area contributed by atoms with Crippen LogP contribution >= 0.6 is 0 Å². The van der Waals surface area contributed by atoms with E-state index >= 15 is 0 Å². The molecule has 101 heavy (non-hydrogen) atoms. The van der Waals surface area contributed by atoms with Crippen molar-refractivity contribution in [3.63, 3.8) is 0 Å². The first-order chi connectivity index (χ1) is 48.5. The van der Waals surface area contributed by atoms with Crippen LogP contribution < -0.4 is 5.43 Å². The summed E-state index contributed by atoms with van der Waals surface area (Å²) in [6.45, 7) is 93.1. The normalized spacial score (nSPS) is 20.7. The van der Waals surface area contributed by atoms with Gasteiger partial charge in [0.25, 0.3) is 0 Å². The minimum atomic E-state index is 0.343. The van der Waals surface area contributed by atoms with Crippen molar-refractivity contribution in [1.82, 2.24) is 5.43 Å². The number of hydrogen-bond donors (Lipinski definition) is 1. The van der Waals surface area contributed by atoms with Crippen molar-refractivity contribution in [2.75, 3.05) is 59.2 Å². The summed E-state index contributed by atoms with van der Waals surface area (Å²) in [5.41, 5.74) is 6.96. The van der Waals surface area contributed by atoms with Crippen molar-refractivity contribution in [1.29, 1.82) is 0 Å². The molecule has 0 bridgehead atoms. The molecule has 1 fully saturated rings. The first kappa shape index (κ1) is 118. The van der Waals surface area contributed by atoms with Gasteiger partial charge in [0.1, 0.15) is 19.3 Å². The van der Waals surface area contributed by atoms with E-state index in [1.54, 1.807) is 0 Å². The van der Waals surface area contributed by atoms with Crippen molar-refractivity contribution in [2.24, 2.45) is 134 Å². The Hall–Kier alpha value is -3.81. The van der Waals surface area contributed by atoms with E-state index in [1.165, 1.54) is 81.3 Å². The molecule has 10 aliphatic heterocycles. The Balaban J connectivity index is -0.000000111. The van der Waals surface area contributed by atoms with Crippen LogP contribution in [0.25, 0.3) is 0 Å². The zero-order valence-electron chi connectivity index (χ0n) is 75.8. The van der Waals surface area contributed by atoms with E-state index < -0.39 is 0 Å². The highest BCUT2D eigenvalue weighted by Gasteiger charge is 2.20. The first-order valence-electron chi connectivity index (χ1n) is 42.5. The molecule has 608 valence electrons. The molecule has 0 saturated carbocycles. The van der Waals surface area contributed by atoms with Crippen LogP contribution in [0.2, 0.25) is 0 Å². The minimum Gasteiger partial charge on any atom is -0.395 e. The maximum Gasteiger partial charge on any atom is 0.134 e. The van der Waals surface area contributed by atoms with E-state index in [-0.39, 0.29) is 0 Å². The number of nitrogens with zero attached hydrogens (tertiary/aromatic N) is 9. The molecule has 10 rings (SSSR count). The standard InChI is InChI=1S/C8H16O.5C7H13N.C6H12N2.3C6H11NO.10C2H6/c1-7(2)8-4-3-5-9-6-8;2*1-6(2)7-3-4-8-5-7;3*1-6(2)7-4-3-5-8-7;2*1-5(2)6-3-7-8-4-6;1-5(2)6-3-4-8-7-6;1-5(2)6-3-4-7-8-6;10*1-2/h7-8H,3-6H2,1-2H3;5-7H,3-4H2,1-2H3;4,6-7H,3,5H2,1-2H3;2*6H,3-5H2,1-2H3;5-7H,3-4H2,1-2H3;3,5-6,8H,4H2,1-2H3;3,5-6H,4H2,1-2H3;5H,3-4H2,1-2H3;4-6H,3H2,1-2H3;10*1-2H3. The Morgan fingerprint density at radius 2 is 0.901 bits per heavy atom. The van der Waals surface area contributed by atoms with Gasteiger partial charge in [-0.05, 0) is 154 Å². The smallest absolute Gasteiger partial charge is 0.134 e. The molecule has 0 aromatic heterocycles. The molecule has 10 heterocycles. The molecule has 0 aromatic carbocycles. The van der Waals surface area contributed by atoms with Crippen molar-refractivity contribution in [3.05, 3.63) is 0 Å². The predicted octanol–water partition coefficient (Wildman–Crippen LogP) is 26.4. The number of nitrogens with one attached hydrogen (secondary N) is 1. The van der Waals surface area contributed by atoms with E-state index in [2.05, 4.69) is 196 Å². The second kappa shape index (κ2) is 92.3. The Bertz CT molecular complexity index is 1630. The topological polar surface area (TPSA) is 160 Å². The van der Waals surface area contributed by atoms with Gasteiger partial charge >= 0.3 is 0 Å². The van der Waals surface area contributed by atoms with E-state index in [0.29, 0.717) is 53.6 Å². The summed E-state index contributed by atoms with van der Waals surface area (Å²) < 4.78 is 5.34. The van der Waals surface area contributed by atoms with Crippen molar-refractivity contribution in [3.8, 4) is 0 Å². The molecule has 1 N–H and O–H groups in total. The molecule has 7 unspecified atom stereocenters. The lowest BCUT2D eigenvalue weighted by atomic mass is 9.91. The highest BCUT2D eigenvalue weighted by Crippen LogP contribution is 2.22. The fourth-order valence-corrected chi connectivity index (χ4v) is 9.23. The maximum absolute atomic E-state index is 5.34. The summed E-state index contributed by atoms with van der Waals surface area (Å²) >= 11 is 0. The van der Waals surface area contributed by atoms with Crippen LogP contribution in [-0.2, 0) is 19.2 Å². The zero-order valence-corrected chi connectivity index (χ0v) is 75.8. The van der Waals surface area contributed by atoms with Crippen LogP contribution in [0.15, 0.2) is 45.5 Å². The predicted molar refractivity (Wildman–Crippen MR) is 467 cm³/mol. The maximum atomic E-state index is 5.34. The van der Waals surface area contributed by atoms with Gasteiger partial charge < -0.3 is 24.7 Å². The Morgan fingerprint density at radius 3 is 1.09 bits per heavy atom. The second-order valence-electron chi connectivity index (χ2n) is 26.5. The molecule has 0 aromatic rings. The van der Waals surface area contributed by atoms with Gasteiger partial charge in [0, 0.05) is 101 Å². The summed E-state index contributed by atoms with van der Waals surface area (Å²) in [6.07, 6.45) is 26.9. The largest absolute Gasteiger partial charge is 0.395 e. The highest BCUT2D eigenvalue weighted by atomic mass is 16.6. The molecule has 0 radical (unpaired) electrons. The lowest BCUT2D eigenvalue weighted by Gasteiger charge is -2.24. The van der Waals surface area contributed by atoms with E-state index in [9.17, 15) is 0 Å². The summed E-state index contributed by atoms with van der Waals surface area (Å²) in [6, 6.07) is 0.634. The fraction of sp³-hybridized carbons (Fsp3) is 0.897. The molecule has 14 nitrogen and oxygen atoms in total. The van der Waals surface area contributed by atoms with Gasteiger partial charge in [-0.25, -0.2) is 0 Å². The van der Waals surface area contributed by atoms with Crippen LogP contribution in [0.4, 0.5) is 0 Å². The molecule has 10 aliphatic rings. The monoisotopic (exact) mass is 1440 g/mol. The van der Waals surface area contributed by atoms with Gasteiger partial charge in [-0.15, -0.1) is 0 Å². The van der Waals surface area contributed by atoms with Crippen LogP contribution in [0.1, 0.15) is 354 Å². The summed E-state index contributed by atoms with van der Waals surface area (Å²) in [7, 11) is 0. The molecule has 1 saturated heterocycles. The summed E-state index contributed by atoms with van der Waals surface area (Å²) in [4.78, 5) is 35.9. The third kappa shape index (κ3) is 74.3. The SMILES string of the molecule is CC.CC.CC.CC.CC.CC.CC.CC.CC.CC.CC(C)C1=NCCC1.CC(C)C1=NCCC1.CC(C)C1=NOCC1.CC(C)C1C=NCC1.CC(C)C1C=NNC1.CC(C)C1C=NOC1.CC(C)C1CC=NC1.CC(C)C1CC=NO1.CC(C)C1CCC=N1.CC(C)C1CCCOC1. The van der Waals surface area contributed by atoms with Crippen LogP contribution in [0.5, 0.6) is 0 Å². The quantitative estimate of drug-likeness (QED) is 0.230. The van der Waals surface area contributed by atoms with E-state index in [0.717, 1.165) is 119 Å². The second-order valence-corrected chi connectivity index (χ2v) is 26.5. The molecular weight excluding hydrogens is 1250 g/mol. The van der Waals surface area contributed by atoms with Crippen molar-refractivity contribution < 1.29 is 19.2 Å². The van der Waals surface area contributed by atoms with Gasteiger partial charge in [0.15, 0.2) is 0 Å². The minimum absolute atomic E-state index is 0.343. The fourth-order valence-electron chi connectivity index (χ4n) is 9.23. The van der Waals surface area contributed by atoms with Crippen molar-refractivity contribution in [2.45, 2.75) is 366 Å². The Morgan fingerprint density at radius 1 is 0.396 bits per heavy atom. The summed E-state index contributed by atoms with van der Waals surface area (Å²) in [5, 5.41) is 15.1. The number of aliphatic imine (C=N–C) groups is 5. The van der Waals surface area contributed by atoms with Crippen LogP contribution in [0.3, 0.4) is 0 Å². The zero-order chi connectivity index (χ0) is 80.5. The Kier molecular flexibility index (Phi) is 108. The van der Waals surface area contributed by atoms with Gasteiger partial charge in [-0.3, -0.25) is 25.0 Å². The van der Waals surface area contributed by atoms with Gasteiger partial charge in [0.05, 0.1) is 18.0 Å². The number of hydrazone groups is 1. The van der Waals surface area contributed by atoms with Crippen molar-refractivity contribution >= 4 is 54.4 Å². The average Bonchev–Trinajstić information content (AvgIpc) is 1.98. The molecule has 7 atom stereocenters. The highest BCUT2D eigenvalue weighted by molar-refractivity contribution is 5.88. The number of hydrogen-bond acceptors (Lipinski definition) is 14. The summed E-state index contributed by atoms with van der Waals surface area (Å²) in [5.74, 6) is 10.8. The lowest BCUT2D eigenvalue weighted by Crippen LogP contribution is -2.21. The van der Waals surface area contributed by atoms with Gasteiger partial charge in [-0.2, -0.15) is 5.10 Å². The van der Waals surface area contributed by atoms with E-state index in [4.69, 9.17) is 19.2 Å².